The molecule has 5 N–H and O–H groups in total. The first-order valence-corrected chi connectivity index (χ1v) is 13.2. The Morgan fingerprint density at radius 2 is 1.81 bits per heavy atom. The van der Waals surface area contributed by atoms with Gasteiger partial charge in [0.15, 0.2) is 6.04 Å². The number of nitrogens with two attached hydrogens (primary N) is 1. The molecule has 0 aliphatic carbocycles. The predicted octanol–water partition coefficient (Wildman–Crippen LogP) is 2.23. The Labute approximate surface area is 216 Å². The summed E-state index contributed by atoms with van der Waals surface area (Å²) >= 11 is 0. The lowest BCUT2D eigenvalue weighted by molar-refractivity contribution is -0.531. The number of carbonyl (C=O) groups is 2. The van der Waals surface area contributed by atoms with Crippen molar-refractivity contribution >= 4 is 11.8 Å². The summed E-state index contributed by atoms with van der Waals surface area (Å²) in [4.78, 5) is 25.3. The van der Waals surface area contributed by atoms with Crippen molar-refractivity contribution < 1.29 is 24.2 Å². The van der Waals surface area contributed by atoms with Gasteiger partial charge in [-0.3, -0.25) is 9.59 Å². The molecule has 0 saturated heterocycles. The number of benzene rings is 1. The van der Waals surface area contributed by atoms with Crippen molar-refractivity contribution in [1.82, 2.24) is 10.6 Å². The molecule has 1 aromatic rings. The lowest BCUT2D eigenvalue weighted by Gasteiger charge is -2.27. The summed E-state index contributed by atoms with van der Waals surface area (Å²) in [5.74, 6) is 0.349. The van der Waals surface area contributed by atoms with E-state index in [4.69, 9.17) is 15.2 Å². The van der Waals surface area contributed by atoms with Crippen LogP contribution in [-0.4, -0.2) is 57.3 Å². The van der Waals surface area contributed by atoms with Crippen LogP contribution in [0.2, 0.25) is 0 Å². The molecule has 9 heteroatoms. The zero-order chi connectivity index (χ0) is 26.9. The van der Waals surface area contributed by atoms with E-state index in [2.05, 4.69) is 36.5 Å². The Kier molecular flexibility index (Phi) is 15.6. The number of carbonyl (C=O) groups excluding carboxylic acids is 2. The molecule has 204 valence electrons. The van der Waals surface area contributed by atoms with Crippen LogP contribution in [0.5, 0.6) is 5.75 Å². The second-order valence-corrected chi connectivity index (χ2v) is 9.82. The standard InChI is InChI=1S/C27H47N5O4/c1-6-7-13-30-26(33)20(4)16-23(28)24(32-29)17-21(19(2)3)18-31-27(34)22-11-8-9-12-25(22)36-15-10-14-35-5/h8-9,11-12,19-21,23-24,32H,6-7,10,13-18,28H2,1-5H3,(H,30,33)(H,31,34)/t20-,21-,23+,24+/m1/s1. The van der Waals surface area contributed by atoms with E-state index in [-0.39, 0.29) is 29.6 Å². The third-order valence-electron chi connectivity index (χ3n) is 6.49. The number of amides is 2. The highest BCUT2D eigenvalue weighted by atomic mass is 16.5. The summed E-state index contributed by atoms with van der Waals surface area (Å²) in [6.07, 6.45) is 3.69. The first-order chi connectivity index (χ1) is 17.2. The molecule has 2 amide bonds. The van der Waals surface area contributed by atoms with E-state index in [1.54, 1.807) is 25.3 Å². The van der Waals surface area contributed by atoms with Gasteiger partial charge in [-0.2, -0.15) is 0 Å². The highest BCUT2D eigenvalue weighted by molar-refractivity contribution is 5.96. The van der Waals surface area contributed by atoms with E-state index in [1.807, 2.05) is 13.0 Å². The maximum absolute atomic E-state index is 12.9. The zero-order valence-electron chi connectivity index (χ0n) is 22.7. The summed E-state index contributed by atoms with van der Waals surface area (Å²) in [5, 5.41) is 8.30. The molecule has 1 rings (SSSR count). The molecule has 0 radical (unpaired) electrons. The second-order valence-electron chi connectivity index (χ2n) is 9.82. The Morgan fingerprint density at radius 1 is 1.08 bits per heavy atom. The van der Waals surface area contributed by atoms with Crippen LogP contribution in [0.4, 0.5) is 0 Å². The summed E-state index contributed by atoms with van der Waals surface area (Å²) in [5.41, 5.74) is 16.7. The van der Waals surface area contributed by atoms with Gasteiger partial charge in [-0.15, -0.1) is 0 Å². The maximum Gasteiger partial charge on any atom is 0.255 e. The largest absolute Gasteiger partial charge is 0.508 e. The van der Waals surface area contributed by atoms with Crippen molar-refractivity contribution in [2.24, 2.45) is 23.5 Å². The van der Waals surface area contributed by atoms with Crippen LogP contribution in [0.15, 0.2) is 24.3 Å². The maximum atomic E-state index is 12.9. The smallest absolute Gasteiger partial charge is 0.255 e. The van der Waals surface area contributed by atoms with Crippen LogP contribution in [-0.2, 0) is 9.53 Å². The fourth-order valence-corrected chi connectivity index (χ4v) is 3.97. The minimum Gasteiger partial charge on any atom is -0.508 e. The van der Waals surface area contributed by atoms with Gasteiger partial charge >= 0.3 is 0 Å². The molecule has 9 nitrogen and oxygen atoms in total. The molecule has 4 atom stereocenters. The van der Waals surface area contributed by atoms with Gasteiger partial charge in [0.1, 0.15) is 5.75 Å². The van der Waals surface area contributed by atoms with E-state index in [1.165, 1.54) is 0 Å². The van der Waals surface area contributed by atoms with Crippen LogP contribution in [0, 0.1) is 17.8 Å². The van der Waals surface area contributed by atoms with Gasteiger partial charge in [0.25, 0.3) is 5.91 Å². The number of methoxy groups -OCH3 is 1. The molecule has 0 heterocycles. The molecule has 0 aliphatic rings. The van der Waals surface area contributed by atoms with Gasteiger partial charge in [0, 0.05) is 45.6 Å². The Hall–Kier alpha value is -2.52. The lowest BCUT2D eigenvalue weighted by atomic mass is 9.85. The first-order valence-electron chi connectivity index (χ1n) is 13.2. The Morgan fingerprint density at radius 3 is 2.44 bits per heavy atom. The van der Waals surface area contributed by atoms with Gasteiger partial charge in [-0.05, 0) is 36.8 Å². The minimum absolute atomic E-state index is 0.0219. The lowest BCUT2D eigenvalue weighted by Crippen LogP contribution is -2.77. The SMILES string of the molecule is CCCCNC(=O)[C@H](C)C[C@H](N)[C@H](C[C@H](CNC(=O)c1ccccc1OCCCOC)C(C)C)[NH+]=[N-]. The van der Waals surface area contributed by atoms with Crippen molar-refractivity contribution in [2.45, 2.75) is 71.9 Å². The van der Waals surface area contributed by atoms with Crippen molar-refractivity contribution in [3.8, 4) is 5.75 Å². The average Bonchev–Trinajstić information content (AvgIpc) is 2.86. The highest BCUT2D eigenvalue weighted by Crippen LogP contribution is 2.21. The quantitative estimate of drug-likeness (QED) is 0.169. The van der Waals surface area contributed by atoms with Crippen LogP contribution in [0.3, 0.4) is 0 Å². The molecule has 0 unspecified atom stereocenters. The fourth-order valence-electron chi connectivity index (χ4n) is 3.97. The number of rotatable bonds is 19. The van der Waals surface area contributed by atoms with E-state index in [9.17, 15) is 15.1 Å². The minimum atomic E-state index is -0.417. The summed E-state index contributed by atoms with van der Waals surface area (Å²) in [6.45, 7) is 10.2. The van der Waals surface area contributed by atoms with Gasteiger partial charge in [-0.1, -0.05) is 46.2 Å². The number of hydrogen-bond donors (Lipinski definition) is 4. The predicted molar refractivity (Wildman–Crippen MR) is 141 cm³/mol. The third kappa shape index (κ3) is 11.5. The molecule has 1 aromatic carbocycles. The van der Waals surface area contributed by atoms with Gasteiger partial charge < -0.3 is 36.5 Å². The van der Waals surface area contributed by atoms with Crippen molar-refractivity contribution in [3.63, 3.8) is 0 Å². The van der Waals surface area contributed by atoms with Gasteiger partial charge in [0.05, 0.1) is 18.2 Å². The van der Waals surface area contributed by atoms with Crippen molar-refractivity contribution in [3.05, 3.63) is 35.4 Å². The fraction of sp³-hybridized carbons (Fsp3) is 0.704. The number of nitrogens with one attached hydrogen (secondary N) is 3. The first kappa shape index (κ1) is 31.5. The number of unbranched alkanes of at least 4 members (excludes halogenated alkanes) is 1. The van der Waals surface area contributed by atoms with E-state index in [0.29, 0.717) is 50.5 Å². The van der Waals surface area contributed by atoms with Crippen LogP contribution in [0.25, 0.3) is 5.53 Å². The topological polar surface area (TPSA) is 139 Å². The Bertz CT molecular complexity index is 789. The molecule has 0 spiro atoms. The summed E-state index contributed by atoms with van der Waals surface area (Å²) in [7, 11) is 1.64. The molecule has 0 aliphatic heterocycles. The van der Waals surface area contributed by atoms with Crippen LogP contribution >= 0.6 is 0 Å². The van der Waals surface area contributed by atoms with Crippen LogP contribution in [0.1, 0.15) is 70.2 Å². The zero-order valence-corrected chi connectivity index (χ0v) is 22.7. The van der Waals surface area contributed by atoms with E-state index in [0.717, 1.165) is 19.3 Å². The second kappa shape index (κ2) is 17.8. The monoisotopic (exact) mass is 505 g/mol. The number of nitrogens with zero attached hydrogens (tertiary/aromatic N) is 1. The molecule has 0 bridgehead atoms. The molecule has 0 saturated carbocycles. The summed E-state index contributed by atoms with van der Waals surface area (Å²) in [6, 6.07) is 6.35. The molecular formula is C27H47N5O4. The molecule has 0 aromatic heterocycles. The normalized spacial score (nSPS) is 14.5. The Balaban J connectivity index is 2.70. The van der Waals surface area contributed by atoms with E-state index >= 15 is 0 Å². The highest BCUT2D eigenvalue weighted by Gasteiger charge is 2.29. The van der Waals surface area contributed by atoms with Crippen molar-refractivity contribution in [1.29, 1.82) is 0 Å². The van der Waals surface area contributed by atoms with Gasteiger partial charge in [0.2, 0.25) is 5.91 Å². The van der Waals surface area contributed by atoms with Crippen molar-refractivity contribution in [2.75, 3.05) is 33.4 Å². The summed E-state index contributed by atoms with van der Waals surface area (Å²) < 4.78 is 10.8. The van der Waals surface area contributed by atoms with E-state index < -0.39 is 12.1 Å². The average molecular weight is 506 g/mol. The van der Waals surface area contributed by atoms with Crippen LogP contribution < -0.4 is 26.2 Å². The molecule has 0 fully saturated rings. The molecule has 36 heavy (non-hydrogen) atoms. The number of hydrogen-bond acceptors (Lipinski definition) is 5. The number of para-hydroxylation sites is 1. The third-order valence-corrected chi connectivity index (χ3v) is 6.49. The van der Waals surface area contributed by atoms with Gasteiger partial charge in [-0.25, -0.2) is 0 Å². The number of ether oxygens (including phenoxy) is 2. The molecular weight excluding hydrogens is 458 g/mol.